The first-order valence-corrected chi connectivity index (χ1v) is 8.57. The Morgan fingerprint density at radius 3 is 2.93 bits per heavy atom. The first kappa shape index (κ1) is 17.5. The maximum Gasteiger partial charge on any atom is 0.341 e. The zero-order valence-electron chi connectivity index (χ0n) is 14.7. The number of nitrogens with zero attached hydrogens (tertiary/aromatic N) is 3. The molecule has 0 fully saturated rings. The Kier molecular flexibility index (Phi) is 4.40. The predicted molar refractivity (Wildman–Crippen MR) is 99.6 cm³/mol. The second-order valence-corrected chi connectivity index (χ2v) is 6.36. The van der Waals surface area contributed by atoms with Gasteiger partial charge in [-0.2, -0.15) is 5.10 Å². The van der Waals surface area contributed by atoms with Crippen molar-refractivity contribution in [1.82, 2.24) is 20.1 Å². The lowest BCUT2D eigenvalue weighted by molar-refractivity contribution is 0.0697. The summed E-state index contributed by atoms with van der Waals surface area (Å²) in [6, 6.07) is 10.2. The standard InChI is InChI=1S/C19H17N5O4/c20-16-15(19(26)27)9-22-24(16)14-5-1-3-11(8-14)17(25)23-13-7-12-4-2-6-21-18(12)28-10-13/h1-6,8-9,13H,7,10,20H2,(H,23,25)(H,26,27). The van der Waals surface area contributed by atoms with Gasteiger partial charge >= 0.3 is 5.97 Å². The van der Waals surface area contributed by atoms with Crippen LogP contribution < -0.4 is 15.8 Å². The summed E-state index contributed by atoms with van der Waals surface area (Å²) in [5.74, 6) is -0.843. The molecule has 1 atom stereocenters. The number of carboxylic acids is 1. The number of benzene rings is 1. The largest absolute Gasteiger partial charge is 0.477 e. The summed E-state index contributed by atoms with van der Waals surface area (Å²) in [6.45, 7) is 0.337. The van der Waals surface area contributed by atoms with E-state index in [2.05, 4.69) is 15.4 Å². The van der Waals surface area contributed by atoms with Crippen LogP contribution in [0.4, 0.5) is 5.82 Å². The average Bonchev–Trinajstić information content (AvgIpc) is 3.09. The van der Waals surface area contributed by atoms with Gasteiger partial charge in [0.1, 0.15) is 18.0 Å². The lowest BCUT2D eigenvalue weighted by atomic mass is 10.0. The number of aromatic carboxylic acids is 1. The van der Waals surface area contributed by atoms with E-state index in [9.17, 15) is 9.59 Å². The minimum Gasteiger partial charge on any atom is -0.477 e. The number of anilines is 1. The van der Waals surface area contributed by atoms with Crippen molar-refractivity contribution in [2.45, 2.75) is 12.5 Å². The smallest absolute Gasteiger partial charge is 0.341 e. The van der Waals surface area contributed by atoms with Gasteiger partial charge in [0.05, 0.1) is 17.9 Å². The number of pyridine rings is 1. The molecule has 1 unspecified atom stereocenters. The van der Waals surface area contributed by atoms with Gasteiger partial charge in [0.15, 0.2) is 0 Å². The first-order chi connectivity index (χ1) is 13.5. The predicted octanol–water partition coefficient (Wildman–Crippen LogP) is 1.28. The van der Waals surface area contributed by atoms with Gasteiger partial charge in [0.2, 0.25) is 5.88 Å². The molecule has 1 amide bonds. The zero-order chi connectivity index (χ0) is 19.7. The van der Waals surface area contributed by atoms with Crippen molar-refractivity contribution in [3.05, 3.63) is 65.5 Å². The van der Waals surface area contributed by atoms with Crippen LogP contribution in [0.25, 0.3) is 5.69 Å². The highest BCUT2D eigenvalue weighted by Crippen LogP contribution is 2.22. The zero-order valence-corrected chi connectivity index (χ0v) is 14.7. The third-order valence-corrected chi connectivity index (χ3v) is 4.46. The molecule has 0 spiro atoms. The summed E-state index contributed by atoms with van der Waals surface area (Å²) in [4.78, 5) is 28.0. The number of fused-ring (bicyclic) bond motifs is 1. The van der Waals surface area contributed by atoms with Crippen LogP contribution in [0.15, 0.2) is 48.8 Å². The molecule has 0 aliphatic carbocycles. The second-order valence-electron chi connectivity index (χ2n) is 6.36. The van der Waals surface area contributed by atoms with Gasteiger partial charge in [0, 0.05) is 23.7 Å². The summed E-state index contributed by atoms with van der Waals surface area (Å²) in [6.07, 6.45) is 3.47. The normalized spacial score (nSPS) is 15.4. The van der Waals surface area contributed by atoms with E-state index in [-0.39, 0.29) is 23.3 Å². The lowest BCUT2D eigenvalue weighted by Gasteiger charge is -2.25. The number of amides is 1. The molecule has 2 aromatic heterocycles. The Hall–Kier alpha value is -3.88. The van der Waals surface area contributed by atoms with E-state index in [1.165, 1.54) is 10.9 Å². The summed E-state index contributed by atoms with van der Waals surface area (Å²) in [5.41, 5.74) is 7.60. The fourth-order valence-corrected chi connectivity index (χ4v) is 3.08. The van der Waals surface area contributed by atoms with Crippen molar-refractivity contribution in [2.24, 2.45) is 0 Å². The Labute approximate surface area is 159 Å². The maximum absolute atomic E-state index is 12.7. The van der Waals surface area contributed by atoms with Crippen molar-refractivity contribution in [2.75, 3.05) is 12.3 Å². The summed E-state index contributed by atoms with van der Waals surface area (Å²) < 4.78 is 6.88. The van der Waals surface area contributed by atoms with E-state index in [0.717, 1.165) is 5.56 Å². The number of ether oxygens (including phenoxy) is 1. The van der Waals surface area contributed by atoms with E-state index >= 15 is 0 Å². The number of hydrogen-bond acceptors (Lipinski definition) is 6. The third kappa shape index (κ3) is 3.25. The first-order valence-electron chi connectivity index (χ1n) is 8.57. The molecule has 0 saturated carbocycles. The summed E-state index contributed by atoms with van der Waals surface area (Å²) >= 11 is 0. The van der Waals surface area contributed by atoms with E-state index in [1.807, 2.05) is 12.1 Å². The van der Waals surface area contributed by atoms with Crippen LogP contribution in [0.5, 0.6) is 5.88 Å². The van der Waals surface area contributed by atoms with Crippen molar-refractivity contribution in [1.29, 1.82) is 0 Å². The molecule has 28 heavy (non-hydrogen) atoms. The van der Waals surface area contributed by atoms with E-state index in [4.69, 9.17) is 15.6 Å². The molecule has 142 valence electrons. The Morgan fingerprint density at radius 2 is 2.14 bits per heavy atom. The number of carbonyl (C=O) groups is 2. The number of aromatic nitrogens is 3. The monoisotopic (exact) mass is 379 g/mol. The van der Waals surface area contributed by atoms with Gasteiger partial charge in [-0.3, -0.25) is 4.79 Å². The van der Waals surface area contributed by atoms with Gasteiger partial charge in [-0.1, -0.05) is 12.1 Å². The number of hydrogen-bond donors (Lipinski definition) is 3. The van der Waals surface area contributed by atoms with E-state index < -0.39 is 5.97 Å². The number of nitrogens with one attached hydrogen (secondary N) is 1. The quantitative estimate of drug-likeness (QED) is 0.622. The highest BCUT2D eigenvalue weighted by Gasteiger charge is 2.23. The second kappa shape index (κ2) is 7.03. The number of rotatable bonds is 4. The molecule has 3 aromatic rings. The topological polar surface area (TPSA) is 132 Å². The minimum absolute atomic E-state index is 0.00477. The van der Waals surface area contributed by atoms with Crippen molar-refractivity contribution in [3.8, 4) is 11.6 Å². The Morgan fingerprint density at radius 1 is 1.29 bits per heavy atom. The Bertz CT molecular complexity index is 1060. The van der Waals surface area contributed by atoms with Crippen molar-refractivity contribution >= 4 is 17.7 Å². The van der Waals surface area contributed by atoms with Gasteiger partial charge in [-0.05, 0) is 24.3 Å². The van der Waals surface area contributed by atoms with Crippen LogP contribution in [-0.2, 0) is 6.42 Å². The molecular weight excluding hydrogens is 362 g/mol. The maximum atomic E-state index is 12.7. The molecule has 4 N–H and O–H groups in total. The van der Waals surface area contributed by atoms with Crippen LogP contribution in [0, 0.1) is 0 Å². The molecule has 0 radical (unpaired) electrons. The molecule has 1 aliphatic heterocycles. The number of carboxylic acid groups (broad SMARTS) is 1. The van der Waals surface area contributed by atoms with Crippen molar-refractivity contribution in [3.63, 3.8) is 0 Å². The van der Waals surface area contributed by atoms with Gasteiger partial charge in [-0.25, -0.2) is 14.5 Å². The van der Waals surface area contributed by atoms with Gasteiger partial charge in [-0.15, -0.1) is 0 Å². The molecule has 1 aliphatic rings. The molecule has 4 rings (SSSR count). The van der Waals surface area contributed by atoms with Crippen LogP contribution in [-0.4, -0.2) is 44.4 Å². The molecular formula is C19H17N5O4. The van der Waals surface area contributed by atoms with Crippen LogP contribution in [0.1, 0.15) is 26.3 Å². The Balaban J connectivity index is 1.52. The van der Waals surface area contributed by atoms with Crippen LogP contribution in [0.3, 0.4) is 0 Å². The molecule has 3 heterocycles. The molecule has 1 aromatic carbocycles. The summed E-state index contributed by atoms with van der Waals surface area (Å²) in [7, 11) is 0. The van der Waals surface area contributed by atoms with Crippen LogP contribution in [0.2, 0.25) is 0 Å². The van der Waals surface area contributed by atoms with Gasteiger partial charge in [0.25, 0.3) is 5.91 Å². The molecule has 0 bridgehead atoms. The lowest BCUT2D eigenvalue weighted by Crippen LogP contribution is -2.42. The fraction of sp³-hybridized carbons (Fsp3) is 0.158. The van der Waals surface area contributed by atoms with Gasteiger partial charge < -0.3 is 20.9 Å². The van der Waals surface area contributed by atoms with E-state index in [1.54, 1.807) is 30.5 Å². The number of nitrogens with two attached hydrogens (primary N) is 1. The van der Waals surface area contributed by atoms with E-state index in [0.29, 0.717) is 30.2 Å². The molecule has 0 saturated heterocycles. The van der Waals surface area contributed by atoms with Crippen LogP contribution >= 0.6 is 0 Å². The number of carbonyl (C=O) groups excluding carboxylic acids is 1. The minimum atomic E-state index is -1.16. The SMILES string of the molecule is Nc1c(C(=O)O)cnn1-c1cccc(C(=O)NC2COc3ncccc3C2)c1. The number of nitrogen functional groups attached to an aromatic ring is 1. The molecule has 9 heteroatoms. The fourth-order valence-electron chi connectivity index (χ4n) is 3.08. The van der Waals surface area contributed by atoms with Crippen molar-refractivity contribution < 1.29 is 19.4 Å². The highest BCUT2D eigenvalue weighted by molar-refractivity contribution is 5.95. The summed E-state index contributed by atoms with van der Waals surface area (Å²) in [5, 5.41) is 16.1. The average molecular weight is 379 g/mol. The molecule has 9 nitrogen and oxygen atoms in total. The third-order valence-electron chi connectivity index (χ3n) is 4.46. The highest BCUT2D eigenvalue weighted by atomic mass is 16.5.